The number of carbonyl (C=O) groups is 1. The number of ether oxygens (including phenoxy) is 2. The molecule has 0 aromatic heterocycles. The molecule has 0 bridgehead atoms. The van der Waals surface area contributed by atoms with Crippen LogP contribution in [0, 0.1) is 0 Å². The molecule has 0 aliphatic rings. The van der Waals surface area contributed by atoms with Gasteiger partial charge in [0, 0.05) is 12.7 Å². The van der Waals surface area contributed by atoms with Crippen molar-refractivity contribution in [1.29, 1.82) is 0 Å². The maximum atomic E-state index is 12.0. The van der Waals surface area contributed by atoms with Gasteiger partial charge in [-0.25, -0.2) is 0 Å². The third kappa shape index (κ3) is 3.51. The largest absolute Gasteiger partial charge is 0.497 e. The lowest BCUT2D eigenvalue weighted by Gasteiger charge is -2.17. The SMILES string of the molecule is COc1ccc(OCC(=O)N(C)c2ccccc2)cc1. The molecule has 0 fully saturated rings. The van der Waals surface area contributed by atoms with Crippen LogP contribution in [0.3, 0.4) is 0 Å². The number of carbonyl (C=O) groups excluding carboxylic acids is 1. The standard InChI is InChI=1S/C16H17NO3/c1-17(13-6-4-3-5-7-13)16(18)12-20-15-10-8-14(19-2)9-11-15/h3-11H,12H2,1-2H3. The summed E-state index contributed by atoms with van der Waals surface area (Å²) in [6.07, 6.45) is 0. The molecule has 0 N–H and O–H groups in total. The van der Waals surface area contributed by atoms with E-state index in [2.05, 4.69) is 0 Å². The molecule has 0 saturated heterocycles. The monoisotopic (exact) mass is 271 g/mol. The summed E-state index contributed by atoms with van der Waals surface area (Å²) in [5, 5.41) is 0. The van der Waals surface area contributed by atoms with E-state index in [1.807, 2.05) is 30.3 Å². The van der Waals surface area contributed by atoms with Crippen LogP contribution in [-0.4, -0.2) is 26.7 Å². The van der Waals surface area contributed by atoms with Crippen molar-refractivity contribution >= 4 is 11.6 Å². The van der Waals surface area contributed by atoms with Gasteiger partial charge < -0.3 is 14.4 Å². The minimum Gasteiger partial charge on any atom is -0.497 e. The predicted molar refractivity (Wildman–Crippen MR) is 78.3 cm³/mol. The number of nitrogens with zero attached hydrogens (tertiary/aromatic N) is 1. The van der Waals surface area contributed by atoms with Gasteiger partial charge in [0.2, 0.25) is 0 Å². The lowest BCUT2D eigenvalue weighted by atomic mass is 10.3. The van der Waals surface area contributed by atoms with E-state index in [9.17, 15) is 4.79 Å². The molecule has 2 aromatic rings. The number of para-hydroxylation sites is 1. The van der Waals surface area contributed by atoms with Crippen molar-refractivity contribution in [2.45, 2.75) is 0 Å². The van der Waals surface area contributed by atoms with Gasteiger partial charge in [0.05, 0.1) is 7.11 Å². The molecule has 20 heavy (non-hydrogen) atoms. The van der Waals surface area contributed by atoms with Crippen molar-refractivity contribution < 1.29 is 14.3 Å². The zero-order chi connectivity index (χ0) is 14.4. The molecule has 0 aliphatic heterocycles. The molecule has 4 nitrogen and oxygen atoms in total. The fourth-order valence-corrected chi connectivity index (χ4v) is 1.71. The van der Waals surface area contributed by atoms with E-state index in [1.54, 1.807) is 43.3 Å². The summed E-state index contributed by atoms with van der Waals surface area (Å²) in [5.41, 5.74) is 0.843. The number of benzene rings is 2. The van der Waals surface area contributed by atoms with Gasteiger partial charge in [-0.1, -0.05) is 18.2 Å². The van der Waals surface area contributed by atoms with Crippen LogP contribution in [0.2, 0.25) is 0 Å². The number of likely N-dealkylation sites (N-methyl/N-ethyl adjacent to an activating group) is 1. The molecular weight excluding hydrogens is 254 g/mol. The van der Waals surface area contributed by atoms with Crippen LogP contribution < -0.4 is 14.4 Å². The number of amides is 1. The van der Waals surface area contributed by atoms with Crippen LogP contribution >= 0.6 is 0 Å². The zero-order valence-electron chi connectivity index (χ0n) is 11.6. The summed E-state index contributed by atoms with van der Waals surface area (Å²) in [4.78, 5) is 13.6. The van der Waals surface area contributed by atoms with E-state index in [-0.39, 0.29) is 12.5 Å². The highest BCUT2D eigenvalue weighted by molar-refractivity contribution is 5.93. The van der Waals surface area contributed by atoms with Crippen molar-refractivity contribution in [3.8, 4) is 11.5 Å². The van der Waals surface area contributed by atoms with E-state index < -0.39 is 0 Å². The molecule has 2 rings (SSSR count). The van der Waals surface area contributed by atoms with Gasteiger partial charge in [-0.15, -0.1) is 0 Å². The average Bonchev–Trinajstić information content (AvgIpc) is 2.53. The number of hydrogen-bond donors (Lipinski definition) is 0. The third-order valence-electron chi connectivity index (χ3n) is 2.94. The van der Waals surface area contributed by atoms with Crippen molar-refractivity contribution in [3.05, 3.63) is 54.6 Å². The average molecular weight is 271 g/mol. The summed E-state index contributed by atoms with van der Waals surface area (Å²) in [6, 6.07) is 16.6. The molecule has 0 heterocycles. The minimum absolute atomic E-state index is 0.00226. The molecule has 0 radical (unpaired) electrons. The van der Waals surface area contributed by atoms with Gasteiger partial charge in [0.15, 0.2) is 6.61 Å². The normalized spacial score (nSPS) is 9.90. The van der Waals surface area contributed by atoms with E-state index in [0.717, 1.165) is 11.4 Å². The Morgan fingerprint density at radius 3 is 2.20 bits per heavy atom. The summed E-state index contributed by atoms with van der Waals surface area (Å²) >= 11 is 0. The Hall–Kier alpha value is -2.49. The minimum atomic E-state index is -0.105. The highest BCUT2D eigenvalue weighted by Gasteiger charge is 2.11. The van der Waals surface area contributed by atoms with Crippen molar-refractivity contribution in [3.63, 3.8) is 0 Å². The van der Waals surface area contributed by atoms with Crippen molar-refractivity contribution in [1.82, 2.24) is 0 Å². The quantitative estimate of drug-likeness (QED) is 0.839. The first-order valence-corrected chi connectivity index (χ1v) is 6.29. The Balaban J connectivity index is 1.91. The fraction of sp³-hybridized carbons (Fsp3) is 0.188. The Morgan fingerprint density at radius 2 is 1.60 bits per heavy atom. The van der Waals surface area contributed by atoms with Crippen LogP contribution in [0.15, 0.2) is 54.6 Å². The highest BCUT2D eigenvalue weighted by Crippen LogP contribution is 2.17. The maximum Gasteiger partial charge on any atom is 0.264 e. The Labute approximate surface area is 118 Å². The Bertz CT molecular complexity index is 552. The second-order valence-electron chi connectivity index (χ2n) is 4.25. The van der Waals surface area contributed by atoms with Gasteiger partial charge in [-0.2, -0.15) is 0 Å². The van der Waals surface area contributed by atoms with Crippen molar-refractivity contribution in [2.75, 3.05) is 25.7 Å². The number of anilines is 1. The second kappa shape index (κ2) is 6.61. The molecule has 0 unspecified atom stereocenters. The Morgan fingerprint density at radius 1 is 1.00 bits per heavy atom. The van der Waals surface area contributed by atoms with Crippen LogP contribution in [0.5, 0.6) is 11.5 Å². The first kappa shape index (κ1) is 13.9. The number of methoxy groups -OCH3 is 1. The molecule has 0 spiro atoms. The fourth-order valence-electron chi connectivity index (χ4n) is 1.71. The first-order chi connectivity index (χ1) is 9.70. The van der Waals surface area contributed by atoms with Gasteiger partial charge in [0.25, 0.3) is 5.91 Å². The molecule has 0 atom stereocenters. The van der Waals surface area contributed by atoms with Crippen LogP contribution in [-0.2, 0) is 4.79 Å². The van der Waals surface area contributed by atoms with E-state index >= 15 is 0 Å². The van der Waals surface area contributed by atoms with Crippen molar-refractivity contribution in [2.24, 2.45) is 0 Å². The molecule has 0 aliphatic carbocycles. The lowest BCUT2D eigenvalue weighted by molar-refractivity contribution is -0.120. The highest BCUT2D eigenvalue weighted by atomic mass is 16.5. The van der Waals surface area contributed by atoms with Gasteiger partial charge in [-0.3, -0.25) is 4.79 Å². The van der Waals surface area contributed by atoms with Gasteiger partial charge in [-0.05, 0) is 36.4 Å². The molecular formula is C16H17NO3. The summed E-state index contributed by atoms with van der Waals surface area (Å²) in [6.45, 7) is -0.00226. The summed E-state index contributed by atoms with van der Waals surface area (Å²) < 4.78 is 10.5. The van der Waals surface area contributed by atoms with Crippen LogP contribution in [0.25, 0.3) is 0 Å². The lowest BCUT2D eigenvalue weighted by Crippen LogP contribution is -2.31. The molecule has 2 aromatic carbocycles. The smallest absolute Gasteiger partial charge is 0.264 e. The molecule has 4 heteroatoms. The van der Waals surface area contributed by atoms with Gasteiger partial charge in [0.1, 0.15) is 11.5 Å². The number of rotatable bonds is 5. The Kier molecular flexibility index (Phi) is 4.60. The summed E-state index contributed by atoms with van der Waals surface area (Å²) in [5.74, 6) is 1.29. The third-order valence-corrected chi connectivity index (χ3v) is 2.94. The van der Waals surface area contributed by atoms with E-state index in [0.29, 0.717) is 5.75 Å². The molecule has 0 saturated carbocycles. The zero-order valence-corrected chi connectivity index (χ0v) is 11.6. The number of hydrogen-bond acceptors (Lipinski definition) is 3. The molecule has 1 amide bonds. The maximum absolute atomic E-state index is 12.0. The first-order valence-electron chi connectivity index (χ1n) is 6.29. The van der Waals surface area contributed by atoms with Gasteiger partial charge >= 0.3 is 0 Å². The van der Waals surface area contributed by atoms with Crippen LogP contribution in [0.1, 0.15) is 0 Å². The predicted octanol–water partition coefficient (Wildman–Crippen LogP) is 2.74. The topological polar surface area (TPSA) is 38.8 Å². The van der Waals surface area contributed by atoms with Crippen LogP contribution in [0.4, 0.5) is 5.69 Å². The second-order valence-corrected chi connectivity index (χ2v) is 4.25. The summed E-state index contributed by atoms with van der Waals surface area (Å²) in [7, 11) is 3.34. The van der Waals surface area contributed by atoms with E-state index in [4.69, 9.17) is 9.47 Å². The van der Waals surface area contributed by atoms with E-state index in [1.165, 1.54) is 0 Å². The molecule has 104 valence electrons.